The van der Waals surface area contributed by atoms with E-state index < -0.39 is 6.10 Å². The molecule has 18 heavy (non-hydrogen) atoms. The number of aliphatic hydroxyl groups is 1. The van der Waals surface area contributed by atoms with Crippen molar-refractivity contribution in [2.24, 2.45) is 0 Å². The van der Waals surface area contributed by atoms with E-state index in [0.29, 0.717) is 30.0 Å². The second-order valence-corrected chi connectivity index (χ2v) is 4.76. The Morgan fingerprint density at radius 3 is 2.94 bits per heavy atom. The molecule has 0 bridgehead atoms. The molecular formula is C13H12ClFN2O. The van der Waals surface area contributed by atoms with Gasteiger partial charge in [-0.25, -0.2) is 9.37 Å². The molecule has 0 radical (unpaired) electrons. The lowest BCUT2D eigenvalue weighted by Crippen LogP contribution is -2.16. The molecule has 3 nitrogen and oxygen atoms in total. The van der Waals surface area contributed by atoms with Crippen molar-refractivity contribution in [1.82, 2.24) is 9.55 Å². The van der Waals surface area contributed by atoms with Crippen LogP contribution in [0.1, 0.15) is 24.6 Å². The summed E-state index contributed by atoms with van der Waals surface area (Å²) in [6, 6.07) is 6.45. The topological polar surface area (TPSA) is 38.0 Å². The summed E-state index contributed by atoms with van der Waals surface area (Å²) in [4.78, 5) is 4.20. The van der Waals surface area contributed by atoms with Crippen molar-refractivity contribution in [3.63, 3.8) is 0 Å². The van der Waals surface area contributed by atoms with Gasteiger partial charge < -0.3 is 9.67 Å². The van der Waals surface area contributed by atoms with Gasteiger partial charge in [-0.05, 0) is 25.0 Å². The van der Waals surface area contributed by atoms with Crippen LogP contribution in [0.2, 0.25) is 5.15 Å². The molecule has 1 aliphatic heterocycles. The van der Waals surface area contributed by atoms with Crippen molar-refractivity contribution in [2.75, 3.05) is 0 Å². The van der Waals surface area contributed by atoms with E-state index in [2.05, 4.69) is 4.98 Å². The minimum Gasteiger partial charge on any atom is -0.387 e. The molecule has 1 atom stereocenters. The van der Waals surface area contributed by atoms with E-state index in [4.69, 9.17) is 11.6 Å². The van der Waals surface area contributed by atoms with Gasteiger partial charge in [0.25, 0.3) is 0 Å². The first-order valence-corrected chi connectivity index (χ1v) is 6.25. The fourth-order valence-electron chi connectivity index (χ4n) is 2.41. The summed E-state index contributed by atoms with van der Waals surface area (Å²) in [6.07, 6.45) is 0.893. The van der Waals surface area contributed by atoms with Crippen LogP contribution in [0.5, 0.6) is 0 Å². The third kappa shape index (κ3) is 1.72. The largest absolute Gasteiger partial charge is 0.387 e. The number of hydrogen-bond acceptors (Lipinski definition) is 2. The molecule has 0 amide bonds. The molecule has 0 spiro atoms. The summed E-state index contributed by atoms with van der Waals surface area (Å²) in [6.45, 7) is 0.704. The monoisotopic (exact) mass is 266 g/mol. The summed E-state index contributed by atoms with van der Waals surface area (Å²) in [5, 5.41) is 10.2. The Hall–Kier alpha value is -1.39. The van der Waals surface area contributed by atoms with Gasteiger partial charge >= 0.3 is 0 Å². The Labute approximate surface area is 109 Å². The summed E-state index contributed by atoms with van der Waals surface area (Å²) in [5.41, 5.74) is 1.01. The highest BCUT2D eigenvalue weighted by atomic mass is 35.5. The average molecular weight is 267 g/mol. The van der Waals surface area contributed by atoms with Crippen molar-refractivity contribution in [1.29, 1.82) is 0 Å². The van der Waals surface area contributed by atoms with Crippen molar-refractivity contribution >= 4 is 11.6 Å². The van der Waals surface area contributed by atoms with Crippen LogP contribution in [0, 0.1) is 5.82 Å². The van der Waals surface area contributed by atoms with Gasteiger partial charge in [0, 0.05) is 6.54 Å². The third-order valence-corrected chi connectivity index (χ3v) is 3.53. The van der Waals surface area contributed by atoms with Crippen LogP contribution in [0.25, 0.3) is 11.4 Å². The van der Waals surface area contributed by atoms with E-state index in [1.165, 1.54) is 6.07 Å². The van der Waals surface area contributed by atoms with Gasteiger partial charge in [0.05, 0.1) is 17.4 Å². The molecule has 94 valence electrons. The Bertz CT molecular complexity index is 597. The van der Waals surface area contributed by atoms with Crippen molar-refractivity contribution < 1.29 is 9.50 Å². The number of hydrogen-bond donors (Lipinski definition) is 1. The molecular weight excluding hydrogens is 255 g/mol. The van der Waals surface area contributed by atoms with E-state index in [1.807, 2.05) is 4.57 Å². The maximum Gasteiger partial charge on any atom is 0.153 e. The van der Waals surface area contributed by atoms with Crippen LogP contribution in [0.4, 0.5) is 4.39 Å². The number of imidazole rings is 1. The van der Waals surface area contributed by atoms with Gasteiger partial charge in [0.2, 0.25) is 0 Å². The van der Waals surface area contributed by atoms with Crippen LogP contribution in [0.3, 0.4) is 0 Å². The van der Waals surface area contributed by atoms with Gasteiger partial charge in [-0.1, -0.05) is 23.7 Å². The molecule has 1 N–H and O–H groups in total. The molecule has 1 aromatic carbocycles. The van der Waals surface area contributed by atoms with Crippen molar-refractivity contribution in [3.05, 3.63) is 40.9 Å². The van der Waals surface area contributed by atoms with Gasteiger partial charge in [-0.2, -0.15) is 0 Å². The first-order chi connectivity index (χ1) is 8.68. The number of nitrogens with zero attached hydrogens (tertiary/aromatic N) is 2. The Morgan fingerprint density at radius 1 is 1.39 bits per heavy atom. The highest BCUT2D eigenvalue weighted by molar-refractivity contribution is 6.30. The van der Waals surface area contributed by atoms with Crippen LogP contribution in [0.15, 0.2) is 24.3 Å². The highest BCUT2D eigenvalue weighted by Gasteiger charge is 2.26. The van der Waals surface area contributed by atoms with Crippen molar-refractivity contribution in [2.45, 2.75) is 25.5 Å². The summed E-state index contributed by atoms with van der Waals surface area (Å²) in [5.74, 6) is 0.161. The fraction of sp³-hybridized carbons (Fsp3) is 0.308. The number of fused-ring (bicyclic) bond motifs is 1. The highest BCUT2D eigenvalue weighted by Crippen LogP contribution is 2.35. The number of aliphatic hydroxyl groups excluding tert-OH is 1. The molecule has 1 aromatic heterocycles. The Morgan fingerprint density at radius 2 is 2.17 bits per heavy atom. The minimum absolute atomic E-state index is 0.264. The minimum atomic E-state index is -0.612. The molecule has 2 heterocycles. The summed E-state index contributed by atoms with van der Waals surface area (Å²) in [7, 11) is 0. The third-order valence-electron chi connectivity index (χ3n) is 3.25. The zero-order valence-electron chi connectivity index (χ0n) is 9.61. The van der Waals surface area contributed by atoms with E-state index in [0.717, 1.165) is 6.42 Å². The number of halogens is 2. The lowest BCUT2D eigenvalue weighted by atomic mass is 10.1. The van der Waals surface area contributed by atoms with Crippen LogP contribution >= 0.6 is 11.6 Å². The first kappa shape index (κ1) is 11.7. The zero-order chi connectivity index (χ0) is 12.7. The molecule has 1 aliphatic rings. The van der Waals surface area contributed by atoms with E-state index >= 15 is 0 Å². The van der Waals surface area contributed by atoms with E-state index in [-0.39, 0.29) is 11.0 Å². The fourth-order valence-corrected chi connectivity index (χ4v) is 2.72. The van der Waals surface area contributed by atoms with Crippen molar-refractivity contribution in [3.8, 4) is 11.4 Å². The van der Waals surface area contributed by atoms with Crippen LogP contribution in [-0.2, 0) is 6.54 Å². The zero-order valence-corrected chi connectivity index (χ0v) is 10.4. The number of aromatic nitrogens is 2. The molecule has 1 unspecified atom stereocenters. The summed E-state index contributed by atoms with van der Waals surface area (Å²) < 4.78 is 15.6. The second kappa shape index (κ2) is 4.37. The molecule has 5 heteroatoms. The van der Waals surface area contributed by atoms with Gasteiger partial charge in [-0.15, -0.1) is 0 Å². The lowest BCUT2D eigenvalue weighted by molar-refractivity contribution is 0.139. The molecule has 2 aromatic rings. The summed E-state index contributed by atoms with van der Waals surface area (Å²) >= 11 is 6.05. The average Bonchev–Trinajstić information content (AvgIpc) is 2.69. The van der Waals surface area contributed by atoms with Crippen LogP contribution < -0.4 is 0 Å². The predicted octanol–water partition coefficient (Wildman–Crippen LogP) is 3.17. The predicted molar refractivity (Wildman–Crippen MR) is 66.8 cm³/mol. The van der Waals surface area contributed by atoms with E-state index in [1.54, 1.807) is 18.2 Å². The molecule has 3 rings (SSSR count). The maximum atomic E-state index is 13.8. The van der Waals surface area contributed by atoms with Gasteiger partial charge in [-0.3, -0.25) is 0 Å². The Balaban J connectivity index is 2.20. The van der Waals surface area contributed by atoms with Gasteiger partial charge in [0.1, 0.15) is 11.6 Å². The number of benzene rings is 1. The van der Waals surface area contributed by atoms with Crippen LogP contribution in [-0.4, -0.2) is 14.7 Å². The molecule has 0 saturated carbocycles. The molecule has 0 aliphatic carbocycles. The number of rotatable bonds is 1. The normalized spacial score (nSPS) is 18.7. The smallest absolute Gasteiger partial charge is 0.153 e. The molecule has 0 saturated heterocycles. The lowest BCUT2D eigenvalue weighted by Gasteiger charge is -2.21. The quantitative estimate of drug-likeness (QED) is 0.861. The first-order valence-electron chi connectivity index (χ1n) is 5.87. The SMILES string of the molecule is OC1CCCn2c(-c3ccccc3F)nc(Cl)c21. The standard InChI is InChI=1S/C13H12ClFN2O/c14-12-11-10(18)6-3-7-17(11)13(16-12)8-4-1-2-5-9(8)15/h1-2,4-5,10,18H,3,6-7H2. The molecule has 0 fully saturated rings. The maximum absolute atomic E-state index is 13.8. The van der Waals surface area contributed by atoms with E-state index in [9.17, 15) is 9.50 Å². The second-order valence-electron chi connectivity index (χ2n) is 4.40. The van der Waals surface area contributed by atoms with Gasteiger partial charge in [0.15, 0.2) is 5.15 Å². The Kier molecular flexibility index (Phi) is 2.84.